The van der Waals surface area contributed by atoms with Crippen molar-refractivity contribution in [3.63, 3.8) is 0 Å². The van der Waals surface area contributed by atoms with Crippen molar-refractivity contribution in [3.05, 3.63) is 36.3 Å². The van der Waals surface area contributed by atoms with Crippen LogP contribution in [0.1, 0.15) is 19.5 Å². The summed E-state index contributed by atoms with van der Waals surface area (Å²) in [6.07, 6.45) is 3.52. The maximum absolute atomic E-state index is 4.63. The lowest BCUT2D eigenvalue weighted by Crippen LogP contribution is -2.23. The SMILES string of the molecule is CCN(CC)c1cc(C)nc(-c2ccncc2)n1.Cl. The Morgan fingerprint density at radius 3 is 2.26 bits per heavy atom. The van der Waals surface area contributed by atoms with Crippen LogP contribution in [0.15, 0.2) is 30.6 Å². The fourth-order valence-corrected chi connectivity index (χ4v) is 1.89. The van der Waals surface area contributed by atoms with Crippen molar-refractivity contribution < 1.29 is 0 Å². The van der Waals surface area contributed by atoms with Gasteiger partial charge >= 0.3 is 0 Å². The van der Waals surface area contributed by atoms with Crippen LogP contribution in [0, 0.1) is 6.92 Å². The first-order valence-electron chi connectivity index (χ1n) is 6.25. The summed E-state index contributed by atoms with van der Waals surface area (Å²) in [6.45, 7) is 8.16. The Balaban J connectivity index is 0.00000180. The van der Waals surface area contributed by atoms with Gasteiger partial charge in [0.15, 0.2) is 5.82 Å². The highest BCUT2D eigenvalue weighted by atomic mass is 35.5. The first kappa shape index (κ1) is 15.4. The molecular weight excluding hydrogens is 260 g/mol. The number of nitrogens with zero attached hydrogens (tertiary/aromatic N) is 4. The molecule has 0 saturated carbocycles. The second-order valence-corrected chi connectivity index (χ2v) is 4.10. The Labute approximate surface area is 120 Å². The molecule has 0 aliphatic heterocycles. The molecule has 0 atom stereocenters. The normalized spacial score (nSPS) is 9.84. The second kappa shape index (κ2) is 7.04. The maximum atomic E-state index is 4.63. The lowest BCUT2D eigenvalue weighted by Gasteiger charge is -2.20. The molecular formula is C14H19ClN4. The molecule has 0 bridgehead atoms. The van der Waals surface area contributed by atoms with Gasteiger partial charge in [-0.2, -0.15) is 0 Å². The van der Waals surface area contributed by atoms with Crippen molar-refractivity contribution in [2.24, 2.45) is 0 Å². The van der Waals surface area contributed by atoms with Crippen molar-refractivity contribution in [2.75, 3.05) is 18.0 Å². The summed E-state index contributed by atoms with van der Waals surface area (Å²) in [5, 5.41) is 0. The molecule has 2 heterocycles. The summed E-state index contributed by atoms with van der Waals surface area (Å²) in [4.78, 5) is 15.4. The van der Waals surface area contributed by atoms with E-state index in [0.717, 1.165) is 36.0 Å². The Hall–Kier alpha value is -1.68. The average Bonchev–Trinajstić information content (AvgIpc) is 2.40. The molecule has 5 heteroatoms. The molecule has 0 unspecified atom stereocenters. The lowest BCUT2D eigenvalue weighted by atomic mass is 10.2. The molecule has 0 fully saturated rings. The fourth-order valence-electron chi connectivity index (χ4n) is 1.89. The number of aryl methyl sites for hydroxylation is 1. The third kappa shape index (κ3) is 3.64. The predicted octanol–water partition coefficient (Wildman–Crippen LogP) is 3.12. The van der Waals surface area contributed by atoms with Gasteiger partial charge in [-0.15, -0.1) is 12.4 Å². The molecule has 2 aromatic rings. The van der Waals surface area contributed by atoms with Gasteiger partial charge in [0.2, 0.25) is 0 Å². The molecule has 0 aromatic carbocycles. The van der Waals surface area contributed by atoms with Crippen LogP contribution in [0.5, 0.6) is 0 Å². The number of anilines is 1. The molecule has 102 valence electrons. The number of aromatic nitrogens is 3. The maximum Gasteiger partial charge on any atom is 0.161 e. The predicted molar refractivity (Wildman–Crippen MR) is 80.8 cm³/mol. The molecule has 4 nitrogen and oxygen atoms in total. The number of pyridine rings is 1. The minimum absolute atomic E-state index is 0. The van der Waals surface area contributed by atoms with Gasteiger partial charge in [-0.25, -0.2) is 9.97 Å². The van der Waals surface area contributed by atoms with Gasteiger partial charge in [-0.1, -0.05) is 0 Å². The Morgan fingerprint density at radius 2 is 1.68 bits per heavy atom. The Bertz CT molecular complexity index is 512. The van der Waals surface area contributed by atoms with Crippen molar-refractivity contribution in [1.82, 2.24) is 15.0 Å². The first-order chi connectivity index (χ1) is 8.74. The molecule has 2 rings (SSSR count). The molecule has 0 aliphatic rings. The minimum atomic E-state index is 0. The Kier molecular flexibility index (Phi) is 5.70. The molecule has 0 spiro atoms. The fraction of sp³-hybridized carbons (Fsp3) is 0.357. The van der Waals surface area contributed by atoms with Crippen LogP contribution in [0.25, 0.3) is 11.4 Å². The van der Waals surface area contributed by atoms with Crippen LogP contribution in [-0.2, 0) is 0 Å². The van der Waals surface area contributed by atoms with E-state index in [-0.39, 0.29) is 12.4 Å². The van der Waals surface area contributed by atoms with Crippen LogP contribution in [0.4, 0.5) is 5.82 Å². The zero-order valence-electron chi connectivity index (χ0n) is 11.5. The van der Waals surface area contributed by atoms with E-state index < -0.39 is 0 Å². The van der Waals surface area contributed by atoms with Gasteiger partial charge in [-0.3, -0.25) is 4.98 Å². The van der Waals surface area contributed by atoms with E-state index in [4.69, 9.17) is 0 Å². The summed E-state index contributed by atoms with van der Waals surface area (Å²) in [5.41, 5.74) is 1.99. The van der Waals surface area contributed by atoms with Crippen LogP contribution >= 0.6 is 12.4 Å². The van der Waals surface area contributed by atoms with E-state index in [1.54, 1.807) is 12.4 Å². The van der Waals surface area contributed by atoms with E-state index >= 15 is 0 Å². The van der Waals surface area contributed by atoms with E-state index in [9.17, 15) is 0 Å². The van der Waals surface area contributed by atoms with Crippen molar-refractivity contribution in [1.29, 1.82) is 0 Å². The molecule has 2 aromatic heterocycles. The van der Waals surface area contributed by atoms with Gasteiger partial charge in [-0.05, 0) is 32.9 Å². The molecule has 0 radical (unpaired) electrons. The van der Waals surface area contributed by atoms with Crippen LogP contribution in [0.3, 0.4) is 0 Å². The molecule has 0 N–H and O–H groups in total. The van der Waals surface area contributed by atoms with Gasteiger partial charge in [0.05, 0.1) is 0 Å². The second-order valence-electron chi connectivity index (χ2n) is 4.10. The quantitative estimate of drug-likeness (QED) is 0.862. The zero-order chi connectivity index (χ0) is 13.0. The smallest absolute Gasteiger partial charge is 0.161 e. The van der Waals surface area contributed by atoms with E-state index in [0.29, 0.717) is 0 Å². The summed E-state index contributed by atoms with van der Waals surface area (Å²) < 4.78 is 0. The Morgan fingerprint density at radius 1 is 1.05 bits per heavy atom. The number of hydrogen-bond donors (Lipinski definition) is 0. The topological polar surface area (TPSA) is 41.9 Å². The number of hydrogen-bond acceptors (Lipinski definition) is 4. The average molecular weight is 279 g/mol. The van der Waals surface area contributed by atoms with E-state index in [1.807, 2.05) is 25.1 Å². The number of halogens is 1. The highest BCUT2D eigenvalue weighted by molar-refractivity contribution is 5.85. The summed E-state index contributed by atoms with van der Waals surface area (Å²) in [5.74, 6) is 1.75. The van der Waals surface area contributed by atoms with Crippen molar-refractivity contribution in [2.45, 2.75) is 20.8 Å². The van der Waals surface area contributed by atoms with Crippen molar-refractivity contribution in [3.8, 4) is 11.4 Å². The van der Waals surface area contributed by atoms with Crippen LogP contribution < -0.4 is 4.90 Å². The third-order valence-corrected chi connectivity index (χ3v) is 2.87. The van der Waals surface area contributed by atoms with Crippen LogP contribution in [0.2, 0.25) is 0 Å². The van der Waals surface area contributed by atoms with Gasteiger partial charge < -0.3 is 4.90 Å². The molecule has 19 heavy (non-hydrogen) atoms. The van der Waals surface area contributed by atoms with Gasteiger partial charge in [0.1, 0.15) is 5.82 Å². The highest BCUT2D eigenvalue weighted by Crippen LogP contribution is 2.19. The summed E-state index contributed by atoms with van der Waals surface area (Å²) in [6, 6.07) is 5.89. The van der Waals surface area contributed by atoms with E-state index in [2.05, 4.69) is 33.7 Å². The standard InChI is InChI=1S/C14H18N4.ClH/c1-4-18(5-2)13-10-11(3)16-14(17-13)12-6-8-15-9-7-12;/h6-10H,4-5H2,1-3H3;1H. The largest absolute Gasteiger partial charge is 0.357 e. The molecule has 0 saturated heterocycles. The lowest BCUT2D eigenvalue weighted by molar-refractivity contribution is 0.840. The monoisotopic (exact) mass is 278 g/mol. The zero-order valence-corrected chi connectivity index (χ0v) is 12.3. The highest BCUT2D eigenvalue weighted by Gasteiger charge is 2.08. The van der Waals surface area contributed by atoms with E-state index in [1.165, 1.54) is 0 Å². The number of rotatable bonds is 4. The first-order valence-corrected chi connectivity index (χ1v) is 6.25. The van der Waals surface area contributed by atoms with Gasteiger partial charge in [0, 0.05) is 42.8 Å². The van der Waals surface area contributed by atoms with Crippen LogP contribution in [-0.4, -0.2) is 28.0 Å². The third-order valence-electron chi connectivity index (χ3n) is 2.87. The minimum Gasteiger partial charge on any atom is -0.357 e. The summed E-state index contributed by atoms with van der Waals surface area (Å²) in [7, 11) is 0. The molecule has 0 aliphatic carbocycles. The summed E-state index contributed by atoms with van der Waals surface area (Å²) >= 11 is 0. The van der Waals surface area contributed by atoms with Gasteiger partial charge in [0.25, 0.3) is 0 Å². The van der Waals surface area contributed by atoms with Crippen molar-refractivity contribution >= 4 is 18.2 Å². The molecule has 0 amide bonds.